The zero-order valence-electron chi connectivity index (χ0n) is 14.0. The van der Waals surface area contributed by atoms with Crippen molar-refractivity contribution in [3.63, 3.8) is 0 Å². The lowest BCUT2D eigenvalue weighted by molar-refractivity contribution is 0.183. The van der Waals surface area contributed by atoms with E-state index in [4.69, 9.17) is 9.72 Å². The zero-order chi connectivity index (χ0) is 17.2. The summed E-state index contributed by atoms with van der Waals surface area (Å²) in [5.74, 6) is 0.691. The second-order valence-corrected chi connectivity index (χ2v) is 8.02. The van der Waals surface area contributed by atoms with Crippen LogP contribution >= 0.6 is 23.1 Å². The van der Waals surface area contributed by atoms with E-state index in [9.17, 15) is 4.79 Å². The first-order valence-corrected chi connectivity index (χ1v) is 10.1. The lowest BCUT2D eigenvalue weighted by atomic mass is 10.2. The molecule has 3 aromatic rings. The van der Waals surface area contributed by atoms with Crippen LogP contribution in [-0.2, 0) is 29.9 Å². The van der Waals surface area contributed by atoms with E-state index in [2.05, 4.69) is 4.98 Å². The van der Waals surface area contributed by atoms with Crippen LogP contribution in [0.4, 0.5) is 0 Å². The Bertz CT molecular complexity index is 950. The highest BCUT2D eigenvalue weighted by Gasteiger charge is 2.23. The molecular weight excluding hydrogens is 354 g/mol. The number of fused-ring (bicyclic) bond motifs is 3. The van der Waals surface area contributed by atoms with Crippen LogP contribution in [0.25, 0.3) is 10.2 Å². The number of rotatable bonds is 6. The molecule has 1 aliphatic rings. The average molecular weight is 374 g/mol. The second kappa shape index (κ2) is 7.27. The molecule has 3 heterocycles. The first kappa shape index (κ1) is 16.8. The van der Waals surface area contributed by atoms with Gasteiger partial charge < -0.3 is 4.74 Å². The maximum absolute atomic E-state index is 13.1. The predicted molar refractivity (Wildman–Crippen MR) is 102 cm³/mol. The predicted octanol–water partition coefficient (Wildman–Crippen LogP) is 3.28. The summed E-state index contributed by atoms with van der Waals surface area (Å²) in [6.45, 7) is 1.02. The van der Waals surface area contributed by atoms with Crippen molar-refractivity contribution in [2.45, 2.75) is 36.7 Å². The molecule has 7 heteroatoms. The molecule has 0 spiro atoms. The van der Waals surface area contributed by atoms with Crippen molar-refractivity contribution in [2.24, 2.45) is 0 Å². The molecule has 25 heavy (non-hydrogen) atoms. The molecule has 0 saturated carbocycles. The SMILES string of the molecule is COCCn1c(SCc2ccccn2)nc2sc3c(c2c1=O)CCC3. The number of aromatic nitrogens is 3. The number of hydrogen-bond acceptors (Lipinski definition) is 6. The van der Waals surface area contributed by atoms with Gasteiger partial charge in [-0.1, -0.05) is 17.8 Å². The fraction of sp³-hybridized carbons (Fsp3) is 0.389. The Morgan fingerprint density at radius 1 is 1.36 bits per heavy atom. The van der Waals surface area contributed by atoms with Crippen molar-refractivity contribution in [3.05, 3.63) is 50.9 Å². The van der Waals surface area contributed by atoms with Gasteiger partial charge in [-0.25, -0.2) is 4.98 Å². The van der Waals surface area contributed by atoms with Gasteiger partial charge in [-0.05, 0) is 37.0 Å². The Kier molecular flexibility index (Phi) is 4.87. The topological polar surface area (TPSA) is 57.0 Å². The number of pyridine rings is 1. The summed E-state index contributed by atoms with van der Waals surface area (Å²) in [4.78, 5) is 24.5. The van der Waals surface area contributed by atoms with Gasteiger partial charge in [0.1, 0.15) is 4.83 Å². The van der Waals surface area contributed by atoms with Crippen molar-refractivity contribution in [2.75, 3.05) is 13.7 Å². The van der Waals surface area contributed by atoms with Crippen molar-refractivity contribution in [3.8, 4) is 0 Å². The zero-order valence-corrected chi connectivity index (χ0v) is 15.7. The van der Waals surface area contributed by atoms with Crippen LogP contribution in [0.1, 0.15) is 22.6 Å². The molecule has 0 atom stereocenters. The normalized spacial score (nSPS) is 13.5. The number of methoxy groups -OCH3 is 1. The Hall–Kier alpha value is -1.70. The van der Waals surface area contributed by atoms with Gasteiger partial charge in [-0.2, -0.15) is 0 Å². The van der Waals surface area contributed by atoms with Crippen LogP contribution in [-0.4, -0.2) is 28.3 Å². The van der Waals surface area contributed by atoms with Gasteiger partial charge in [0.25, 0.3) is 5.56 Å². The highest BCUT2D eigenvalue weighted by molar-refractivity contribution is 7.98. The number of nitrogens with zero attached hydrogens (tertiary/aromatic N) is 3. The van der Waals surface area contributed by atoms with Gasteiger partial charge in [0, 0.05) is 23.9 Å². The Labute approximate surface area is 154 Å². The van der Waals surface area contributed by atoms with Gasteiger partial charge >= 0.3 is 0 Å². The quantitative estimate of drug-likeness (QED) is 0.490. The third-order valence-electron chi connectivity index (χ3n) is 4.38. The van der Waals surface area contributed by atoms with E-state index in [0.717, 1.165) is 40.3 Å². The first-order chi connectivity index (χ1) is 12.3. The van der Waals surface area contributed by atoms with Crippen LogP contribution in [0.5, 0.6) is 0 Å². The van der Waals surface area contributed by atoms with E-state index in [-0.39, 0.29) is 5.56 Å². The molecule has 5 nitrogen and oxygen atoms in total. The Balaban J connectivity index is 1.75. The van der Waals surface area contributed by atoms with Gasteiger partial charge in [0.05, 0.1) is 24.2 Å². The number of thioether (sulfide) groups is 1. The smallest absolute Gasteiger partial charge is 0.263 e. The molecule has 3 aromatic heterocycles. The summed E-state index contributed by atoms with van der Waals surface area (Å²) < 4.78 is 6.97. The third-order valence-corrected chi connectivity index (χ3v) is 6.58. The summed E-state index contributed by atoms with van der Waals surface area (Å²) in [6, 6.07) is 5.87. The maximum atomic E-state index is 13.1. The van der Waals surface area contributed by atoms with Crippen molar-refractivity contribution in [1.82, 2.24) is 14.5 Å². The molecule has 0 fully saturated rings. The Morgan fingerprint density at radius 3 is 3.08 bits per heavy atom. The molecule has 0 radical (unpaired) electrons. The number of hydrogen-bond donors (Lipinski definition) is 0. The highest BCUT2D eigenvalue weighted by atomic mass is 32.2. The summed E-state index contributed by atoms with van der Waals surface area (Å²) in [5.41, 5.74) is 2.28. The van der Waals surface area contributed by atoms with Crippen molar-refractivity contribution >= 4 is 33.3 Å². The van der Waals surface area contributed by atoms with Crippen LogP contribution in [0.15, 0.2) is 34.3 Å². The van der Waals surface area contributed by atoms with E-state index < -0.39 is 0 Å². The average Bonchev–Trinajstić information content (AvgIpc) is 3.21. The minimum atomic E-state index is 0.0740. The molecule has 0 bridgehead atoms. The van der Waals surface area contributed by atoms with E-state index in [0.29, 0.717) is 18.9 Å². The van der Waals surface area contributed by atoms with E-state index in [1.807, 2.05) is 18.2 Å². The molecule has 0 saturated heterocycles. The van der Waals surface area contributed by atoms with Gasteiger partial charge in [0.15, 0.2) is 5.16 Å². The maximum Gasteiger partial charge on any atom is 0.263 e. The number of ether oxygens (including phenoxy) is 1. The van der Waals surface area contributed by atoms with Crippen LogP contribution in [0.3, 0.4) is 0 Å². The van der Waals surface area contributed by atoms with Crippen molar-refractivity contribution < 1.29 is 4.74 Å². The largest absolute Gasteiger partial charge is 0.383 e. The summed E-state index contributed by atoms with van der Waals surface area (Å²) in [5, 5.41) is 1.58. The van der Waals surface area contributed by atoms with E-state index in [1.165, 1.54) is 10.4 Å². The molecule has 0 N–H and O–H groups in total. The molecule has 1 aliphatic carbocycles. The van der Waals surface area contributed by atoms with E-state index in [1.54, 1.807) is 41.0 Å². The lowest BCUT2D eigenvalue weighted by Crippen LogP contribution is -2.25. The minimum Gasteiger partial charge on any atom is -0.383 e. The number of aryl methyl sites for hydroxylation is 2. The fourth-order valence-corrected chi connectivity index (χ4v) is 5.41. The third kappa shape index (κ3) is 3.23. The lowest BCUT2D eigenvalue weighted by Gasteiger charge is -2.11. The molecule has 4 rings (SSSR count). The van der Waals surface area contributed by atoms with Crippen LogP contribution in [0, 0.1) is 0 Å². The molecule has 0 aromatic carbocycles. The summed E-state index contributed by atoms with van der Waals surface area (Å²) >= 11 is 3.25. The molecule has 0 aliphatic heterocycles. The Morgan fingerprint density at radius 2 is 2.28 bits per heavy atom. The molecular formula is C18H19N3O2S2. The van der Waals surface area contributed by atoms with Crippen molar-refractivity contribution in [1.29, 1.82) is 0 Å². The monoisotopic (exact) mass is 373 g/mol. The number of thiophene rings is 1. The van der Waals surface area contributed by atoms with Crippen LogP contribution in [0.2, 0.25) is 0 Å². The standard InChI is InChI=1S/C18H19N3O2S2/c1-23-10-9-21-17(22)15-13-6-4-7-14(13)25-16(15)20-18(21)24-11-12-5-2-3-8-19-12/h2-3,5,8H,4,6-7,9-11H2,1H3. The molecule has 130 valence electrons. The van der Waals surface area contributed by atoms with Crippen LogP contribution < -0.4 is 5.56 Å². The molecule has 0 amide bonds. The molecule has 0 unspecified atom stereocenters. The summed E-state index contributed by atoms with van der Waals surface area (Å²) in [7, 11) is 1.65. The fourth-order valence-electron chi connectivity index (χ4n) is 3.17. The van der Waals surface area contributed by atoms with Gasteiger partial charge in [0.2, 0.25) is 0 Å². The van der Waals surface area contributed by atoms with Gasteiger partial charge in [-0.15, -0.1) is 11.3 Å². The minimum absolute atomic E-state index is 0.0740. The highest BCUT2D eigenvalue weighted by Crippen LogP contribution is 2.35. The van der Waals surface area contributed by atoms with E-state index >= 15 is 0 Å². The second-order valence-electron chi connectivity index (χ2n) is 5.99. The summed E-state index contributed by atoms with van der Waals surface area (Å²) in [6.07, 6.45) is 5.00. The first-order valence-electron chi connectivity index (χ1n) is 8.34. The van der Waals surface area contributed by atoms with Gasteiger partial charge in [-0.3, -0.25) is 14.3 Å².